The Kier molecular flexibility index (Phi) is 11.9. The van der Waals surface area contributed by atoms with Gasteiger partial charge in [0.05, 0.1) is 19.0 Å². The van der Waals surface area contributed by atoms with Crippen molar-refractivity contribution < 1.29 is 33.1 Å². The number of unbranched alkanes of at least 4 members (excludes halogenated alkanes) is 2. The van der Waals surface area contributed by atoms with Crippen LogP contribution in [0, 0.1) is 6.92 Å². The number of hydrogen-bond acceptors (Lipinski definition) is 3. The van der Waals surface area contributed by atoms with Crippen LogP contribution < -0.4 is 33.6 Å². The molecule has 0 radical (unpaired) electrons. The van der Waals surface area contributed by atoms with Gasteiger partial charge in [-0.1, -0.05) is 56.5 Å². The van der Waals surface area contributed by atoms with Crippen molar-refractivity contribution >= 4 is 31.0 Å². The maximum absolute atomic E-state index is 12.9. The molecule has 0 aliphatic carbocycles. The van der Waals surface area contributed by atoms with Crippen molar-refractivity contribution in [3.63, 3.8) is 0 Å². The molecule has 0 spiro atoms. The first kappa shape index (κ1) is 25.1. The van der Waals surface area contributed by atoms with Crippen LogP contribution in [-0.4, -0.2) is 18.7 Å². The minimum absolute atomic E-state index is 0. The first-order valence-corrected chi connectivity index (χ1v) is 10.7. The fourth-order valence-electron chi connectivity index (χ4n) is 2.52. The topological polar surface area (TPSA) is 35.5 Å². The van der Waals surface area contributed by atoms with E-state index in [4.69, 9.17) is 21.1 Å². The van der Waals surface area contributed by atoms with E-state index in [0.717, 1.165) is 42.3 Å². The van der Waals surface area contributed by atoms with Crippen LogP contribution in [0.15, 0.2) is 36.4 Å². The smallest absolute Gasteiger partial charge is 0.496 e. The van der Waals surface area contributed by atoms with E-state index in [1.165, 1.54) is 0 Å². The first-order chi connectivity index (χ1) is 13.1. The maximum atomic E-state index is 12.9. The molecule has 0 saturated carbocycles. The number of rotatable bonds is 11. The van der Waals surface area contributed by atoms with E-state index < -0.39 is 0 Å². The Morgan fingerprint density at radius 2 is 1.71 bits per heavy atom. The summed E-state index contributed by atoms with van der Waals surface area (Å²) >= 11 is 6.25. The third-order valence-electron chi connectivity index (χ3n) is 4.11. The molecule has 3 nitrogen and oxygen atoms in total. The summed E-state index contributed by atoms with van der Waals surface area (Å²) in [6.07, 6.45) is 4.12. The molecular formula is C22H27ClLiO3P. The molecular weight excluding hydrogens is 386 g/mol. The Balaban J connectivity index is 0.00000392. The summed E-state index contributed by atoms with van der Waals surface area (Å²) in [5.74, 6) is 1.48. The molecule has 2 aromatic rings. The van der Waals surface area contributed by atoms with Crippen molar-refractivity contribution in [1.29, 1.82) is 0 Å². The average Bonchev–Trinajstić information content (AvgIpc) is 2.64. The Labute approximate surface area is 187 Å². The van der Waals surface area contributed by atoms with Crippen LogP contribution in [0.3, 0.4) is 0 Å². The molecule has 0 aliphatic heterocycles. The van der Waals surface area contributed by atoms with Gasteiger partial charge in [-0.3, -0.25) is 0 Å². The van der Waals surface area contributed by atoms with Gasteiger partial charge < -0.3 is 22.8 Å². The molecule has 0 fully saturated rings. The number of aryl methyl sites for hydroxylation is 1. The van der Waals surface area contributed by atoms with Gasteiger partial charge in [0.25, 0.3) is 0 Å². The van der Waals surface area contributed by atoms with Crippen LogP contribution in [0.5, 0.6) is 11.5 Å². The fourth-order valence-corrected chi connectivity index (χ4v) is 3.91. The number of halogens is 1. The molecule has 0 N–H and O–H groups in total. The summed E-state index contributed by atoms with van der Waals surface area (Å²) in [5.41, 5.74) is 1.43. The van der Waals surface area contributed by atoms with E-state index in [1.54, 1.807) is 6.07 Å². The van der Waals surface area contributed by atoms with Gasteiger partial charge in [-0.15, -0.1) is 0 Å². The molecule has 0 bridgehead atoms. The molecule has 0 heterocycles. The fraction of sp³-hybridized carbons (Fsp3) is 0.409. The van der Waals surface area contributed by atoms with Crippen LogP contribution in [-0.2, 0) is 0 Å². The Morgan fingerprint density at radius 1 is 1.04 bits per heavy atom. The summed E-state index contributed by atoms with van der Waals surface area (Å²) in [5, 5.41) is 1.32. The third kappa shape index (κ3) is 7.45. The van der Waals surface area contributed by atoms with Gasteiger partial charge in [-0.25, -0.2) is 0 Å². The molecule has 146 valence electrons. The van der Waals surface area contributed by atoms with Crippen LogP contribution in [0.1, 0.15) is 55.5 Å². The van der Waals surface area contributed by atoms with Crippen molar-refractivity contribution in [2.45, 2.75) is 46.5 Å². The minimum atomic E-state index is -0.0295. The zero-order valence-electron chi connectivity index (χ0n) is 17.3. The molecule has 0 amide bonds. The summed E-state index contributed by atoms with van der Waals surface area (Å²) in [4.78, 5) is 12.9. The zero-order valence-corrected chi connectivity index (χ0v) is 18.9. The molecule has 28 heavy (non-hydrogen) atoms. The standard InChI is InChI=1S/C22H27ClO3P.Li/c1-4-6-13-25-17-11-12-20(19(15-17)26-14-7-5-2)27-22(24)21-16(3)9-8-10-18(21)23;/h8-12,15H,4-7,13-14H2,1-3H3;/q-1;+1. The minimum Gasteiger partial charge on any atom is -0.496 e. The van der Waals surface area contributed by atoms with Crippen molar-refractivity contribution in [3.8, 4) is 11.5 Å². The SMILES string of the molecule is CCCCOc1ccc([P-]C(=O)c2c(C)cccc2Cl)c(OCCCC)c1.[Li+]. The number of carbonyl (C=O) groups excluding carboxylic acids is 1. The maximum Gasteiger partial charge on any atom is 1.00 e. The zero-order chi connectivity index (χ0) is 19.6. The Bertz CT molecular complexity index is 747. The van der Waals surface area contributed by atoms with Crippen molar-refractivity contribution in [3.05, 3.63) is 52.5 Å². The normalized spacial score (nSPS) is 10.7. The van der Waals surface area contributed by atoms with Gasteiger partial charge in [-0.2, -0.15) is 5.30 Å². The summed E-state index contributed by atoms with van der Waals surface area (Å²) in [6.45, 7) is 7.46. The van der Waals surface area contributed by atoms with Crippen LogP contribution in [0.2, 0.25) is 5.02 Å². The number of ether oxygens (including phenoxy) is 2. The molecule has 0 aliphatic rings. The summed E-state index contributed by atoms with van der Waals surface area (Å²) in [7, 11) is 0.548. The second-order valence-electron chi connectivity index (χ2n) is 6.38. The van der Waals surface area contributed by atoms with Gasteiger partial charge >= 0.3 is 18.9 Å². The van der Waals surface area contributed by atoms with Crippen molar-refractivity contribution in [1.82, 2.24) is 0 Å². The van der Waals surface area contributed by atoms with Gasteiger partial charge in [-0.05, 0) is 37.5 Å². The van der Waals surface area contributed by atoms with Crippen LogP contribution in [0.25, 0.3) is 0 Å². The second kappa shape index (κ2) is 13.3. The molecule has 0 atom stereocenters. The molecule has 0 unspecified atom stereocenters. The number of benzene rings is 2. The molecule has 2 rings (SSSR count). The van der Waals surface area contributed by atoms with E-state index in [1.807, 2.05) is 37.3 Å². The summed E-state index contributed by atoms with van der Waals surface area (Å²) in [6, 6.07) is 11.2. The van der Waals surface area contributed by atoms with Gasteiger partial charge in [0.2, 0.25) is 0 Å². The molecule has 2 aromatic carbocycles. The van der Waals surface area contributed by atoms with E-state index in [2.05, 4.69) is 13.8 Å². The predicted octanol–water partition coefficient (Wildman–Crippen LogP) is 3.42. The number of carbonyl (C=O) groups is 1. The van der Waals surface area contributed by atoms with Gasteiger partial charge in [0, 0.05) is 22.2 Å². The van der Waals surface area contributed by atoms with Gasteiger partial charge in [0.1, 0.15) is 5.75 Å². The monoisotopic (exact) mass is 412 g/mol. The van der Waals surface area contributed by atoms with Crippen molar-refractivity contribution in [2.75, 3.05) is 13.2 Å². The third-order valence-corrected chi connectivity index (χ3v) is 5.46. The first-order valence-electron chi connectivity index (χ1n) is 9.47. The summed E-state index contributed by atoms with van der Waals surface area (Å²) < 4.78 is 11.7. The molecule has 0 saturated heterocycles. The molecule has 6 heteroatoms. The van der Waals surface area contributed by atoms with E-state index in [9.17, 15) is 4.79 Å². The van der Waals surface area contributed by atoms with Crippen LogP contribution in [0.4, 0.5) is 0 Å². The van der Waals surface area contributed by atoms with E-state index in [-0.39, 0.29) is 24.4 Å². The Hall–Kier alpha value is -0.973. The predicted molar refractivity (Wildman–Crippen MR) is 114 cm³/mol. The second-order valence-corrected chi connectivity index (χ2v) is 7.90. The average molecular weight is 413 g/mol. The number of hydrogen-bond donors (Lipinski definition) is 0. The van der Waals surface area contributed by atoms with E-state index >= 15 is 0 Å². The van der Waals surface area contributed by atoms with E-state index in [0.29, 0.717) is 38.1 Å². The molecule has 0 aromatic heterocycles. The van der Waals surface area contributed by atoms with Crippen LogP contribution >= 0.6 is 20.2 Å². The Morgan fingerprint density at radius 3 is 2.36 bits per heavy atom. The van der Waals surface area contributed by atoms with Gasteiger partial charge in [0.15, 0.2) is 0 Å². The quantitative estimate of drug-likeness (QED) is 0.322. The largest absolute Gasteiger partial charge is 1.00 e. The van der Waals surface area contributed by atoms with Crippen molar-refractivity contribution in [2.24, 2.45) is 0 Å².